The molecule has 3 rings (SSSR count). The zero-order valence-corrected chi connectivity index (χ0v) is 14.5. The summed E-state index contributed by atoms with van der Waals surface area (Å²) in [5.41, 5.74) is -1.23. The number of esters is 1. The number of fused-ring (bicyclic) bond motifs is 1. The van der Waals surface area contributed by atoms with Crippen molar-refractivity contribution in [1.82, 2.24) is 0 Å². The van der Waals surface area contributed by atoms with E-state index >= 15 is 0 Å². The third-order valence-corrected chi connectivity index (χ3v) is 3.86. The lowest BCUT2D eigenvalue weighted by Crippen LogP contribution is -2.38. The van der Waals surface area contributed by atoms with Crippen molar-refractivity contribution >= 4 is 17.5 Å². The number of carbonyl (C=O) groups excluding carboxylic acids is 3. The maximum Gasteiger partial charge on any atom is 0.586 e. The van der Waals surface area contributed by atoms with Gasteiger partial charge in [-0.25, -0.2) is 0 Å². The van der Waals surface area contributed by atoms with Crippen LogP contribution >= 0.6 is 0 Å². The highest BCUT2D eigenvalue weighted by atomic mass is 19.3. The van der Waals surface area contributed by atoms with Crippen LogP contribution in [-0.2, 0) is 14.3 Å². The lowest BCUT2D eigenvalue weighted by atomic mass is 9.90. The van der Waals surface area contributed by atoms with Crippen molar-refractivity contribution in [3.63, 3.8) is 0 Å². The summed E-state index contributed by atoms with van der Waals surface area (Å²) in [5.74, 6) is -5.43. The first kappa shape index (κ1) is 18.3. The first-order valence-corrected chi connectivity index (χ1v) is 8.18. The Bertz CT molecular complexity index is 776. The summed E-state index contributed by atoms with van der Waals surface area (Å²) in [7, 11) is 0. The van der Waals surface area contributed by atoms with Crippen LogP contribution in [-0.4, -0.2) is 29.4 Å². The standard InChI is InChI=1S/C18H18F2O6/c1-17(2,3)26-16(23)12(13(21)9-7-8-9)14(22)10-5-4-6-11-15(10)25-18(19,20)24-11/h4-6,9,12H,7-8H2,1-3H3. The number of rotatable bonds is 5. The molecule has 1 fully saturated rings. The molecule has 0 radical (unpaired) electrons. The molecule has 0 amide bonds. The van der Waals surface area contributed by atoms with E-state index in [0.717, 1.165) is 0 Å². The molecule has 6 nitrogen and oxygen atoms in total. The van der Waals surface area contributed by atoms with Gasteiger partial charge < -0.3 is 14.2 Å². The van der Waals surface area contributed by atoms with E-state index in [1.165, 1.54) is 18.2 Å². The second kappa shape index (κ2) is 6.03. The monoisotopic (exact) mass is 368 g/mol. The molecule has 8 heteroatoms. The van der Waals surface area contributed by atoms with Gasteiger partial charge in [0.15, 0.2) is 29.0 Å². The Morgan fingerprint density at radius 1 is 1.19 bits per heavy atom. The Morgan fingerprint density at radius 2 is 1.85 bits per heavy atom. The number of benzene rings is 1. The highest BCUT2D eigenvalue weighted by Crippen LogP contribution is 2.44. The van der Waals surface area contributed by atoms with E-state index in [-0.39, 0.29) is 11.3 Å². The first-order valence-electron chi connectivity index (χ1n) is 8.18. The Hall–Kier alpha value is -2.51. The van der Waals surface area contributed by atoms with Crippen molar-refractivity contribution in [2.24, 2.45) is 11.8 Å². The molecule has 1 atom stereocenters. The summed E-state index contributed by atoms with van der Waals surface area (Å²) < 4.78 is 40.6. The quantitative estimate of drug-likeness (QED) is 0.451. The SMILES string of the molecule is CC(C)(C)OC(=O)C(C(=O)c1cccc2c1OC(F)(F)O2)C(=O)C1CC1. The number of hydrogen-bond donors (Lipinski definition) is 0. The van der Waals surface area contributed by atoms with E-state index in [4.69, 9.17) is 4.74 Å². The Morgan fingerprint density at radius 3 is 2.42 bits per heavy atom. The molecule has 0 aromatic heterocycles. The topological polar surface area (TPSA) is 78.9 Å². The van der Waals surface area contributed by atoms with E-state index in [2.05, 4.69) is 9.47 Å². The molecule has 0 saturated heterocycles. The molecule has 1 unspecified atom stereocenters. The smallest absolute Gasteiger partial charge is 0.459 e. The lowest BCUT2D eigenvalue weighted by molar-refractivity contribution is -0.286. The van der Waals surface area contributed by atoms with E-state index in [1.807, 2.05) is 0 Å². The molecule has 1 aliphatic carbocycles. The van der Waals surface area contributed by atoms with E-state index < -0.39 is 47.0 Å². The maximum atomic E-state index is 13.3. The predicted molar refractivity (Wildman–Crippen MR) is 84.0 cm³/mol. The molecule has 1 heterocycles. The van der Waals surface area contributed by atoms with Crippen LogP contribution < -0.4 is 9.47 Å². The molecular formula is C18H18F2O6. The van der Waals surface area contributed by atoms with Crippen molar-refractivity contribution in [2.45, 2.75) is 45.5 Å². The summed E-state index contributed by atoms with van der Waals surface area (Å²) in [6.07, 6.45) is -2.76. The third-order valence-electron chi connectivity index (χ3n) is 3.86. The number of hydrogen-bond acceptors (Lipinski definition) is 6. The fraction of sp³-hybridized carbons (Fsp3) is 0.500. The predicted octanol–water partition coefficient (Wildman–Crippen LogP) is 3.13. The number of Topliss-reactive ketones (excluding diaryl/α,β-unsaturated/α-hetero) is 2. The van der Waals surface area contributed by atoms with Gasteiger partial charge in [0.05, 0.1) is 5.56 Å². The zero-order chi connectivity index (χ0) is 19.3. The number of carbonyl (C=O) groups is 3. The summed E-state index contributed by atoms with van der Waals surface area (Å²) >= 11 is 0. The Balaban J connectivity index is 1.96. The van der Waals surface area contributed by atoms with Gasteiger partial charge in [-0.15, -0.1) is 8.78 Å². The molecular weight excluding hydrogens is 350 g/mol. The molecule has 1 saturated carbocycles. The number of ketones is 2. The summed E-state index contributed by atoms with van der Waals surface area (Å²) in [6, 6.07) is 3.73. The number of alkyl halides is 2. The summed E-state index contributed by atoms with van der Waals surface area (Å²) in [5, 5.41) is 0. The summed E-state index contributed by atoms with van der Waals surface area (Å²) in [6.45, 7) is 4.81. The van der Waals surface area contributed by atoms with Gasteiger partial charge in [0.1, 0.15) is 5.60 Å². The largest absolute Gasteiger partial charge is 0.586 e. The van der Waals surface area contributed by atoms with Crippen LogP contribution in [0.4, 0.5) is 8.78 Å². The second-order valence-electron chi connectivity index (χ2n) is 7.31. The van der Waals surface area contributed by atoms with Crippen molar-refractivity contribution in [1.29, 1.82) is 0 Å². The molecule has 140 valence electrons. The normalized spacial score (nSPS) is 19.0. The Kier molecular flexibility index (Phi) is 4.24. The van der Waals surface area contributed by atoms with Gasteiger partial charge in [-0.1, -0.05) is 6.07 Å². The first-order chi connectivity index (χ1) is 12.0. The van der Waals surface area contributed by atoms with E-state index in [0.29, 0.717) is 12.8 Å². The van der Waals surface area contributed by atoms with Crippen LogP contribution in [0.25, 0.3) is 0 Å². The molecule has 0 bridgehead atoms. The van der Waals surface area contributed by atoms with Crippen molar-refractivity contribution in [3.8, 4) is 11.5 Å². The van der Waals surface area contributed by atoms with Crippen LogP contribution in [0.3, 0.4) is 0 Å². The maximum absolute atomic E-state index is 13.3. The average molecular weight is 368 g/mol. The average Bonchev–Trinajstić information content (AvgIpc) is 3.26. The van der Waals surface area contributed by atoms with Gasteiger partial charge in [0.25, 0.3) is 0 Å². The zero-order valence-electron chi connectivity index (χ0n) is 14.5. The minimum absolute atomic E-state index is 0.315. The minimum atomic E-state index is -3.92. The van der Waals surface area contributed by atoms with Crippen LogP contribution in [0.1, 0.15) is 44.0 Å². The van der Waals surface area contributed by atoms with Crippen molar-refractivity contribution < 1.29 is 37.4 Å². The molecule has 0 spiro atoms. The van der Waals surface area contributed by atoms with Crippen LogP contribution in [0.5, 0.6) is 11.5 Å². The third kappa shape index (κ3) is 3.68. The second-order valence-corrected chi connectivity index (χ2v) is 7.31. The van der Waals surface area contributed by atoms with Crippen molar-refractivity contribution in [3.05, 3.63) is 23.8 Å². The number of para-hydroxylation sites is 1. The lowest BCUT2D eigenvalue weighted by Gasteiger charge is -2.23. The highest BCUT2D eigenvalue weighted by molar-refractivity contribution is 6.24. The van der Waals surface area contributed by atoms with E-state index in [1.54, 1.807) is 20.8 Å². The molecule has 1 aromatic carbocycles. The molecule has 26 heavy (non-hydrogen) atoms. The van der Waals surface area contributed by atoms with Gasteiger partial charge >= 0.3 is 12.3 Å². The molecule has 2 aliphatic rings. The van der Waals surface area contributed by atoms with Gasteiger partial charge in [0, 0.05) is 5.92 Å². The fourth-order valence-corrected chi connectivity index (χ4v) is 2.64. The van der Waals surface area contributed by atoms with Crippen LogP contribution in [0.15, 0.2) is 18.2 Å². The van der Waals surface area contributed by atoms with Gasteiger partial charge in [-0.2, -0.15) is 0 Å². The molecule has 0 N–H and O–H groups in total. The summed E-state index contributed by atoms with van der Waals surface area (Å²) in [4.78, 5) is 37.9. The highest BCUT2D eigenvalue weighted by Gasteiger charge is 2.49. The van der Waals surface area contributed by atoms with Crippen LogP contribution in [0, 0.1) is 11.8 Å². The van der Waals surface area contributed by atoms with Crippen LogP contribution in [0.2, 0.25) is 0 Å². The van der Waals surface area contributed by atoms with Gasteiger partial charge in [0.2, 0.25) is 0 Å². The van der Waals surface area contributed by atoms with Gasteiger partial charge in [-0.3, -0.25) is 14.4 Å². The number of ether oxygens (including phenoxy) is 3. The van der Waals surface area contributed by atoms with E-state index in [9.17, 15) is 23.2 Å². The van der Waals surface area contributed by atoms with Crippen molar-refractivity contribution in [2.75, 3.05) is 0 Å². The minimum Gasteiger partial charge on any atom is -0.459 e. The molecule has 1 aliphatic heterocycles. The fourth-order valence-electron chi connectivity index (χ4n) is 2.64. The Labute approximate surface area is 148 Å². The number of halogens is 2. The molecule has 1 aromatic rings. The van der Waals surface area contributed by atoms with Gasteiger partial charge in [-0.05, 0) is 45.7 Å².